The zero-order valence-corrected chi connectivity index (χ0v) is 16.5. The Morgan fingerprint density at radius 2 is 1.79 bits per heavy atom. The molecule has 1 N–H and O–H groups in total. The van der Waals surface area contributed by atoms with Gasteiger partial charge in [-0.1, -0.05) is 23.7 Å². The highest BCUT2D eigenvalue weighted by molar-refractivity contribution is 6.30. The van der Waals surface area contributed by atoms with E-state index in [0.717, 1.165) is 5.56 Å². The van der Waals surface area contributed by atoms with E-state index in [4.69, 9.17) is 21.1 Å². The number of anilines is 1. The maximum atomic E-state index is 12.7. The third kappa shape index (κ3) is 4.48. The van der Waals surface area contributed by atoms with Crippen LogP contribution in [0.15, 0.2) is 42.5 Å². The van der Waals surface area contributed by atoms with E-state index in [-0.39, 0.29) is 18.5 Å². The molecular formula is C20H22ClN3O4. The van der Waals surface area contributed by atoms with E-state index < -0.39 is 0 Å². The summed E-state index contributed by atoms with van der Waals surface area (Å²) in [6, 6.07) is 12.3. The molecule has 0 spiro atoms. The Balaban J connectivity index is 1.57. The predicted molar refractivity (Wildman–Crippen MR) is 107 cm³/mol. The molecule has 0 atom stereocenters. The lowest BCUT2D eigenvalue weighted by Gasteiger charge is -2.19. The highest BCUT2D eigenvalue weighted by Crippen LogP contribution is 2.32. The molecular weight excluding hydrogens is 382 g/mol. The molecule has 1 fully saturated rings. The van der Waals surface area contributed by atoms with Gasteiger partial charge in [0.05, 0.1) is 14.2 Å². The number of rotatable bonds is 7. The molecule has 3 amide bonds. The standard InChI is InChI=1S/C20H22ClN3O4/c1-27-17-8-7-16(11-18(17)28-2)24-10-9-23(20(24)26)13-19(25)22-12-14-3-5-15(21)6-4-14/h3-8,11H,9-10,12-13H2,1-2H3,(H,22,25). The van der Waals surface area contributed by atoms with Crippen molar-refractivity contribution in [3.8, 4) is 11.5 Å². The van der Waals surface area contributed by atoms with Gasteiger partial charge in [0.15, 0.2) is 11.5 Å². The lowest BCUT2D eigenvalue weighted by molar-refractivity contribution is -0.121. The van der Waals surface area contributed by atoms with Crippen LogP contribution in [0.1, 0.15) is 5.56 Å². The Bertz CT molecular complexity index is 857. The third-order valence-corrected chi connectivity index (χ3v) is 4.76. The van der Waals surface area contributed by atoms with Crippen LogP contribution in [0.4, 0.5) is 10.5 Å². The molecule has 8 heteroatoms. The largest absolute Gasteiger partial charge is 0.493 e. The highest BCUT2D eigenvalue weighted by atomic mass is 35.5. The van der Waals surface area contributed by atoms with Crippen LogP contribution < -0.4 is 19.7 Å². The molecule has 0 bridgehead atoms. The number of benzene rings is 2. The molecule has 0 saturated carbocycles. The van der Waals surface area contributed by atoms with E-state index >= 15 is 0 Å². The number of nitrogens with one attached hydrogen (secondary N) is 1. The topological polar surface area (TPSA) is 71.1 Å². The molecule has 1 heterocycles. The normalized spacial score (nSPS) is 13.6. The van der Waals surface area contributed by atoms with Crippen molar-refractivity contribution in [2.75, 3.05) is 38.8 Å². The summed E-state index contributed by atoms with van der Waals surface area (Å²) >= 11 is 5.85. The van der Waals surface area contributed by atoms with Gasteiger partial charge in [-0.3, -0.25) is 9.69 Å². The fourth-order valence-corrected chi connectivity index (χ4v) is 3.12. The summed E-state index contributed by atoms with van der Waals surface area (Å²) in [7, 11) is 3.10. The van der Waals surface area contributed by atoms with Crippen molar-refractivity contribution in [2.45, 2.75) is 6.54 Å². The molecule has 0 aliphatic carbocycles. The summed E-state index contributed by atoms with van der Waals surface area (Å²) in [5, 5.41) is 3.47. The minimum atomic E-state index is -0.214. The molecule has 148 valence electrons. The van der Waals surface area contributed by atoms with Crippen LogP contribution in [0.25, 0.3) is 0 Å². The smallest absolute Gasteiger partial charge is 0.325 e. The third-order valence-electron chi connectivity index (χ3n) is 4.51. The van der Waals surface area contributed by atoms with Crippen molar-refractivity contribution >= 4 is 29.2 Å². The van der Waals surface area contributed by atoms with Gasteiger partial charge in [0.1, 0.15) is 6.54 Å². The molecule has 0 radical (unpaired) electrons. The number of carbonyl (C=O) groups excluding carboxylic acids is 2. The molecule has 3 rings (SSSR count). The zero-order chi connectivity index (χ0) is 20.1. The Morgan fingerprint density at radius 3 is 2.46 bits per heavy atom. The lowest BCUT2D eigenvalue weighted by atomic mass is 10.2. The maximum absolute atomic E-state index is 12.7. The van der Waals surface area contributed by atoms with Gasteiger partial charge in [-0.2, -0.15) is 0 Å². The maximum Gasteiger partial charge on any atom is 0.325 e. The predicted octanol–water partition coefficient (Wildman–Crippen LogP) is 2.92. The van der Waals surface area contributed by atoms with Crippen LogP contribution >= 0.6 is 11.6 Å². The first kappa shape index (κ1) is 19.8. The van der Waals surface area contributed by atoms with Gasteiger partial charge in [0.25, 0.3) is 0 Å². The first-order valence-corrected chi connectivity index (χ1v) is 9.19. The van der Waals surface area contributed by atoms with Crippen LogP contribution in [0, 0.1) is 0 Å². The monoisotopic (exact) mass is 403 g/mol. The molecule has 0 aromatic heterocycles. The summed E-state index contributed by atoms with van der Waals surface area (Å²) in [6.07, 6.45) is 0. The van der Waals surface area contributed by atoms with Crippen LogP contribution in [-0.4, -0.2) is 50.7 Å². The average molecular weight is 404 g/mol. The minimum absolute atomic E-state index is 0.0101. The van der Waals surface area contributed by atoms with Crippen molar-refractivity contribution in [3.05, 3.63) is 53.1 Å². The van der Waals surface area contributed by atoms with E-state index in [2.05, 4.69) is 5.32 Å². The van der Waals surface area contributed by atoms with Gasteiger partial charge < -0.3 is 19.7 Å². The second-order valence-corrected chi connectivity index (χ2v) is 6.73. The van der Waals surface area contributed by atoms with Crippen LogP contribution in [0.3, 0.4) is 0 Å². The Labute approximate surface area is 168 Å². The van der Waals surface area contributed by atoms with Crippen molar-refractivity contribution in [2.24, 2.45) is 0 Å². The Morgan fingerprint density at radius 1 is 1.07 bits per heavy atom. The van der Waals surface area contributed by atoms with E-state index in [9.17, 15) is 9.59 Å². The van der Waals surface area contributed by atoms with Crippen molar-refractivity contribution in [1.82, 2.24) is 10.2 Å². The first-order valence-electron chi connectivity index (χ1n) is 8.81. The number of nitrogens with zero attached hydrogens (tertiary/aromatic N) is 2. The van der Waals surface area contributed by atoms with Gasteiger partial charge in [0, 0.05) is 36.4 Å². The number of carbonyl (C=O) groups is 2. The SMILES string of the molecule is COc1ccc(N2CCN(CC(=O)NCc3ccc(Cl)cc3)C2=O)cc1OC. The summed E-state index contributed by atoms with van der Waals surface area (Å²) in [6.45, 7) is 1.37. The van der Waals surface area contributed by atoms with Crippen LogP contribution in [0.2, 0.25) is 5.02 Å². The van der Waals surface area contributed by atoms with Gasteiger partial charge >= 0.3 is 6.03 Å². The minimum Gasteiger partial charge on any atom is -0.493 e. The fraction of sp³-hybridized carbons (Fsp3) is 0.300. The molecule has 7 nitrogen and oxygen atoms in total. The van der Waals surface area contributed by atoms with Crippen molar-refractivity contribution in [1.29, 1.82) is 0 Å². The molecule has 1 aliphatic heterocycles. The number of methoxy groups -OCH3 is 2. The molecule has 2 aromatic rings. The van der Waals surface area contributed by atoms with Crippen molar-refractivity contribution in [3.63, 3.8) is 0 Å². The quantitative estimate of drug-likeness (QED) is 0.771. The molecule has 28 heavy (non-hydrogen) atoms. The van der Waals surface area contributed by atoms with Gasteiger partial charge in [-0.25, -0.2) is 4.79 Å². The Hall–Kier alpha value is -2.93. The number of ether oxygens (including phenoxy) is 2. The van der Waals surface area contributed by atoms with Gasteiger partial charge in [0.2, 0.25) is 5.91 Å². The van der Waals surface area contributed by atoms with Gasteiger partial charge in [-0.05, 0) is 29.8 Å². The number of hydrogen-bond donors (Lipinski definition) is 1. The first-order chi connectivity index (χ1) is 13.5. The zero-order valence-electron chi connectivity index (χ0n) is 15.8. The Kier molecular flexibility index (Phi) is 6.26. The number of hydrogen-bond acceptors (Lipinski definition) is 4. The molecule has 0 unspecified atom stereocenters. The molecule has 1 saturated heterocycles. The summed E-state index contributed by atoms with van der Waals surface area (Å²) in [4.78, 5) is 28.1. The molecule has 2 aromatic carbocycles. The van der Waals surface area contributed by atoms with Gasteiger partial charge in [-0.15, -0.1) is 0 Å². The van der Waals surface area contributed by atoms with Crippen LogP contribution in [0.5, 0.6) is 11.5 Å². The van der Waals surface area contributed by atoms with Crippen molar-refractivity contribution < 1.29 is 19.1 Å². The summed E-state index contributed by atoms with van der Waals surface area (Å²) < 4.78 is 10.5. The lowest BCUT2D eigenvalue weighted by Crippen LogP contribution is -2.39. The van der Waals surface area contributed by atoms with E-state index in [1.54, 1.807) is 49.5 Å². The number of urea groups is 1. The van der Waals surface area contributed by atoms with E-state index in [0.29, 0.717) is 41.8 Å². The average Bonchev–Trinajstić information content (AvgIpc) is 3.07. The van der Waals surface area contributed by atoms with E-state index in [1.807, 2.05) is 12.1 Å². The fourth-order valence-electron chi connectivity index (χ4n) is 2.99. The number of halogens is 1. The number of amides is 3. The van der Waals surface area contributed by atoms with Crippen LogP contribution in [-0.2, 0) is 11.3 Å². The molecule has 1 aliphatic rings. The summed E-state index contributed by atoms with van der Waals surface area (Å²) in [5.74, 6) is 0.931. The van der Waals surface area contributed by atoms with E-state index in [1.165, 1.54) is 4.90 Å². The highest BCUT2D eigenvalue weighted by Gasteiger charge is 2.31. The second kappa shape index (κ2) is 8.84. The summed E-state index contributed by atoms with van der Waals surface area (Å²) in [5.41, 5.74) is 1.64. The second-order valence-electron chi connectivity index (χ2n) is 6.30.